The minimum absolute atomic E-state index is 0.412. The fourth-order valence-corrected chi connectivity index (χ4v) is 4.70. The minimum atomic E-state index is -0.590. The van der Waals surface area contributed by atoms with Crippen molar-refractivity contribution in [1.29, 1.82) is 0 Å². The van der Waals surface area contributed by atoms with Crippen LogP contribution in [0.25, 0.3) is 0 Å². The van der Waals surface area contributed by atoms with Gasteiger partial charge in [-0.1, -0.05) is 6.92 Å². The number of guanidine groups is 1. The Bertz CT molecular complexity index is 527. The Hall–Kier alpha value is -1.21. The predicted octanol–water partition coefficient (Wildman–Crippen LogP) is 1.21. The van der Waals surface area contributed by atoms with E-state index in [1.165, 1.54) is 0 Å². The molecule has 0 saturated carbocycles. The number of aliphatic imine (C=N–C) groups is 1. The van der Waals surface area contributed by atoms with Crippen LogP contribution in [0, 0.1) is 5.92 Å². The highest BCUT2D eigenvalue weighted by atomic mass is 32.2. The van der Waals surface area contributed by atoms with Crippen molar-refractivity contribution >= 4 is 17.7 Å². The third-order valence-electron chi connectivity index (χ3n) is 5.00. The van der Waals surface area contributed by atoms with E-state index in [9.17, 15) is 5.11 Å². The van der Waals surface area contributed by atoms with Gasteiger partial charge >= 0.3 is 0 Å². The summed E-state index contributed by atoms with van der Waals surface area (Å²) >= 11 is 1.82. The molecule has 1 aromatic heterocycles. The molecule has 3 unspecified atom stereocenters. The number of piperidine rings is 1. The van der Waals surface area contributed by atoms with E-state index in [0.717, 1.165) is 43.4 Å². The summed E-state index contributed by atoms with van der Waals surface area (Å²) in [6.45, 7) is 4.80. The summed E-state index contributed by atoms with van der Waals surface area (Å²) in [4.78, 5) is 10.9. The fraction of sp³-hybridized carbons (Fsp3) is 0.750. The molecule has 2 saturated heterocycles. The van der Waals surface area contributed by atoms with Gasteiger partial charge in [-0.3, -0.25) is 4.99 Å². The molecule has 3 rings (SSSR count). The molecule has 0 aromatic carbocycles. The number of nitrogens with one attached hydrogen (secondary N) is 1. The molecule has 6 nitrogen and oxygen atoms in total. The first-order valence-corrected chi connectivity index (χ1v) is 9.50. The van der Waals surface area contributed by atoms with Crippen molar-refractivity contribution in [2.75, 3.05) is 38.2 Å². The maximum absolute atomic E-state index is 10.5. The second kappa shape index (κ2) is 7.13. The Labute approximate surface area is 142 Å². The molecule has 0 spiro atoms. The number of likely N-dealkylation sites (tertiary alicyclic amines) is 1. The van der Waals surface area contributed by atoms with Crippen molar-refractivity contribution in [3.05, 3.63) is 18.7 Å². The molecule has 2 fully saturated rings. The SMILES string of the molecule is CN=C(NCC1(O)CCSC1)N1CCC(C)C(n2ccnc2)C1. The zero-order chi connectivity index (χ0) is 16.3. The summed E-state index contributed by atoms with van der Waals surface area (Å²) in [5, 5.41) is 13.9. The number of aliphatic hydroxyl groups is 1. The van der Waals surface area contributed by atoms with Crippen molar-refractivity contribution in [1.82, 2.24) is 19.8 Å². The third kappa shape index (κ3) is 3.83. The Kier molecular flexibility index (Phi) is 5.16. The van der Waals surface area contributed by atoms with Crippen LogP contribution in [0.1, 0.15) is 25.8 Å². The highest BCUT2D eigenvalue weighted by Gasteiger charge is 2.33. The van der Waals surface area contributed by atoms with Crippen LogP contribution in [0.5, 0.6) is 0 Å². The number of rotatable bonds is 3. The van der Waals surface area contributed by atoms with Crippen molar-refractivity contribution in [2.45, 2.75) is 31.4 Å². The first-order chi connectivity index (χ1) is 11.1. The lowest BCUT2D eigenvalue weighted by Gasteiger charge is -2.39. The number of nitrogens with zero attached hydrogens (tertiary/aromatic N) is 4. The number of thioether (sulfide) groups is 1. The van der Waals surface area contributed by atoms with E-state index in [-0.39, 0.29) is 0 Å². The molecule has 3 heterocycles. The monoisotopic (exact) mass is 337 g/mol. The summed E-state index contributed by atoms with van der Waals surface area (Å²) < 4.78 is 2.20. The zero-order valence-corrected chi connectivity index (χ0v) is 14.8. The largest absolute Gasteiger partial charge is 0.387 e. The number of imidazole rings is 1. The predicted molar refractivity (Wildman–Crippen MR) is 94.9 cm³/mol. The van der Waals surface area contributed by atoms with E-state index in [2.05, 4.69) is 31.7 Å². The second-order valence-electron chi connectivity index (χ2n) is 6.72. The van der Waals surface area contributed by atoms with Gasteiger partial charge in [0, 0.05) is 44.8 Å². The average Bonchev–Trinajstić information content (AvgIpc) is 3.21. The van der Waals surface area contributed by atoms with Crippen LogP contribution in [-0.4, -0.2) is 69.3 Å². The average molecular weight is 337 g/mol. The van der Waals surface area contributed by atoms with Crippen molar-refractivity contribution in [3.63, 3.8) is 0 Å². The molecule has 7 heteroatoms. The Balaban J connectivity index is 1.62. The van der Waals surface area contributed by atoms with Crippen molar-refractivity contribution in [3.8, 4) is 0 Å². The highest BCUT2D eigenvalue weighted by Crippen LogP contribution is 2.29. The molecule has 23 heavy (non-hydrogen) atoms. The zero-order valence-electron chi connectivity index (χ0n) is 14.0. The molecule has 1 aromatic rings. The lowest BCUT2D eigenvalue weighted by molar-refractivity contribution is 0.0710. The molecular weight excluding hydrogens is 310 g/mol. The normalized spacial score (nSPS) is 32.3. The molecule has 0 bridgehead atoms. The minimum Gasteiger partial charge on any atom is -0.387 e. The van der Waals surface area contributed by atoms with Gasteiger partial charge < -0.3 is 19.9 Å². The third-order valence-corrected chi connectivity index (χ3v) is 6.23. The fourth-order valence-electron chi connectivity index (χ4n) is 3.41. The van der Waals surface area contributed by atoms with Crippen LogP contribution in [0.2, 0.25) is 0 Å². The molecule has 2 N–H and O–H groups in total. The summed E-state index contributed by atoms with van der Waals surface area (Å²) in [7, 11) is 1.82. The van der Waals surface area contributed by atoms with Crippen LogP contribution < -0.4 is 5.32 Å². The van der Waals surface area contributed by atoms with Gasteiger partial charge in [0.05, 0.1) is 18.0 Å². The van der Waals surface area contributed by atoms with Gasteiger partial charge in [0.15, 0.2) is 5.96 Å². The van der Waals surface area contributed by atoms with Crippen LogP contribution >= 0.6 is 11.8 Å². The number of aromatic nitrogens is 2. The van der Waals surface area contributed by atoms with Gasteiger partial charge in [-0.2, -0.15) is 11.8 Å². The van der Waals surface area contributed by atoms with E-state index < -0.39 is 5.60 Å². The lowest BCUT2D eigenvalue weighted by atomic mass is 9.93. The maximum atomic E-state index is 10.5. The summed E-state index contributed by atoms with van der Waals surface area (Å²) in [5.74, 6) is 3.37. The number of hydrogen-bond donors (Lipinski definition) is 2. The van der Waals surface area contributed by atoms with E-state index in [4.69, 9.17) is 0 Å². The maximum Gasteiger partial charge on any atom is 0.193 e. The Morgan fingerprint density at radius 3 is 3.09 bits per heavy atom. The summed E-state index contributed by atoms with van der Waals surface area (Å²) in [6.07, 6.45) is 7.77. The van der Waals surface area contributed by atoms with Gasteiger partial charge in [-0.15, -0.1) is 0 Å². The molecule has 2 aliphatic heterocycles. The molecule has 0 amide bonds. The topological polar surface area (TPSA) is 65.7 Å². The van der Waals surface area contributed by atoms with E-state index in [0.29, 0.717) is 18.5 Å². The van der Waals surface area contributed by atoms with Gasteiger partial charge in [0.2, 0.25) is 0 Å². The van der Waals surface area contributed by atoms with Crippen molar-refractivity contribution in [2.24, 2.45) is 10.9 Å². The summed E-state index contributed by atoms with van der Waals surface area (Å²) in [6, 6.07) is 0.412. The smallest absolute Gasteiger partial charge is 0.193 e. The molecule has 3 atom stereocenters. The van der Waals surface area contributed by atoms with E-state index in [1.807, 2.05) is 37.5 Å². The molecule has 0 aliphatic carbocycles. The van der Waals surface area contributed by atoms with Crippen LogP contribution in [0.15, 0.2) is 23.7 Å². The highest BCUT2D eigenvalue weighted by molar-refractivity contribution is 7.99. The van der Waals surface area contributed by atoms with Crippen LogP contribution in [0.4, 0.5) is 0 Å². The molecule has 2 aliphatic rings. The summed E-state index contributed by atoms with van der Waals surface area (Å²) in [5.41, 5.74) is -0.590. The van der Waals surface area contributed by atoms with Gasteiger partial charge in [0.1, 0.15) is 0 Å². The lowest BCUT2D eigenvalue weighted by Crippen LogP contribution is -2.52. The van der Waals surface area contributed by atoms with E-state index >= 15 is 0 Å². The quantitative estimate of drug-likeness (QED) is 0.641. The molecule has 128 valence electrons. The standard InChI is InChI=1S/C16H27N5OS/c1-13-3-6-20(9-14(13)21-7-5-18-12-21)15(17-2)19-10-16(22)4-8-23-11-16/h5,7,12-14,22H,3-4,6,8-11H2,1-2H3,(H,17,19). The van der Waals surface area contributed by atoms with Crippen LogP contribution in [0.3, 0.4) is 0 Å². The van der Waals surface area contributed by atoms with Gasteiger partial charge in [0.25, 0.3) is 0 Å². The first-order valence-electron chi connectivity index (χ1n) is 8.34. The van der Waals surface area contributed by atoms with Crippen molar-refractivity contribution < 1.29 is 5.11 Å². The Morgan fingerprint density at radius 2 is 2.43 bits per heavy atom. The molecule has 0 radical (unpaired) electrons. The van der Waals surface area contributed by atoms with Gasteiger partial charge in [-0.25, -0.2) is 4.98 Å². The second-order valence-corrected chi connectivity index (χ2v) is 7.82. The van der Waals surface area contributed by atoms with Gasteiger partial charge in [-0.05, 0) is 24.5 Å². The first kappa shape index (κ1) is 16.6. The number of hydrogen-bond acceptors (Lipinski definition) is 4. The Morgan fingerprint density at radius 1 is 1.57 bits per heavy atom. The van der Waals surface area contributed by atoms with Crippen LogP contribution in [-0.2, 0) is 0 Å². The van der Waals surface area contributed by atoms with E-state index in [1.54, 1.807) is 0 Å². The molecular formula is C16H27N5OS.